The van der Waals surface area contributed by atoms with Crippen molar-refractivity contribution in [2.24, 2.45) is 0 Å². The molecule has 4 rings (SSSR count). The van der Waals surface area contributed by atoms with Crippen molar-refractivity contribution in [2.75, 3.05) is 35.9 Å². The normalized spacial score (nSPS) is 14.8. The number of para-hydroxylation sites is 2. The number of amides is 1. The number of sulfonamides is 2. The number of benzene rings is 3. The zero-order valence-electron chi connectivity index (χ0n) is 22.7. The molecule has 1 saturated heterocycles. The summed E-state index contributed by atoms with van der Waals surface area (Å²) in [7, 11) is -7.76. The van der Waals surface area contributed by atoms with Gasteiger partial charge in [0, 0.05) is 18.8 Å². The van der Waals surface area contributed by atoms with Gasteiger partial charge in [-0.2, -0.15) is 4.31 Å². The molecule has 0 aliphatic carbocycles. The summed E-state index contributed by atoms with van der Waals surface area (Å²) in [6.45, 7) is 4.43. The van der Waals surface area contributed by atoms with E-state index in [2.05, 4.69) is 5.32 Å². The summed E-state index contributed by atoms with van der Waals surface area (Å²) >= 11 is 0. The molecule has 214 valence electrons. The summed E-state index contributed by atoms with van der Waals surface area (Å²) in [5, 5.41) is 2.70. The zero-order chi connectivity index (χ0) is 28.8. The minimum atomic E-state index is -4.13. The summed E-state index contributed by atoms with van der Waals surface area (Å²) in [5.74, 6) is -0.262. The molecule has 0 spiro atoms. The van der Waals surface area contributed by atoms with E-state index < -0.39 is 32.5 Å². The van der Waals surface area contributed by atoms with E-state index in [1.807, 2.05) is 6.92 Å². The standard InChI is InChI=1S/C29H35N3O6S2/c1-3-38-28-11-7-6-10-27(28)32(40(36,37)26-16-12-23(2)13-17-26)22-29(33)30-24-14-18-25(19-15-24)39(34,35)31-20-8-4-5-9-21-31/h6-7,10-19H,3-5,8-9,20-22H2,1-2H3,(H,30,33). The van der Waals surface area contributed by atoms with Crippen LogP contribution in [0.3, 0.4) is 0 Å². The molecular weight excluding hydrogens is 550 g/mol. The molecule has 0 aromatic heterocycles. The van der Waals surface area contributed by atoms with Gasteiger partial charge >= 0.3 is 0 Å². The van der Waals surface area contributed by atoms with Gasteiger partial charge in [-0.3, -0.25) is 9.10 Å². The van der Waals surface area contributed by atoms with Crippen molar-refractivity contribution in [3.63, 3.8) is 0 Å². The van der Waals surface area contributed by atoms with Crippen molar-refractivity contribution < 1.29 is 26.4 Å². The van der Waals surface area contributed by atoms with Gasteiger partial charge in [0.15, 0.2) is 0 Å². The Morgan fingerprint density at radius 1 is 0.850 bits per heavy atom. The average Bonchev–Trinajstić information content (AvgIpc) is 3.23. The number of nitrogens with one attached hydrogen (secondary N) is 1. The molecule has 0 saturated carbocycles. The van der Waals surface area contributed by atoms with Gasteiger partial charge in [-0.25, -0.2) is 16.8 Å². The first kappa shape index (κ1) is 29.6. The van der Waals surface area contributed by atoms with Crippen molar-refractivity contribution >= 4 is 37.3 Å². The Balaban J connectivity index is 1.57. The Bertz CT molecular complexity index is 1510. The molecule has 1 N–H and O–H groups in total. The third-order valence-corrected chi connectivity index (χ3v) is 10.4. The number of ether oxygens (including phenoxy) is 1. The van der Waals surface area contributed by atoms with E-state index >= 15 is 0 Å². The van der Waals surface area contributed by atoms with Gasteiger partial charge in [0.05, 0.1) is 22.1 Å². The lowest BCUT2D eigenvalue weighted by molar-refractivity contribution is -0.114. The van der Waals surface area contributed by atoms with Crippen molar-refractivity contribution in [1.82, 2.24) is 4.31 Å². The van der Waals surface area contributed by atoms with Gasteiger partial charge in [0.2, 0.25) is 15.9 Å². The molecule has 3 aromatic carbocycles. The molecular formula is C29H35N3O6S2. The molecule has 0 radical (unpaired) electrons. The van der Waals surface area contributed by atoms with Crippen LogP contribution in [0.2, 0.25) is 0 Å². The third-order valence-electron chi connectivity index (χ3n) is 6.67. The highest BCUT2D eigenvalue weighted by Gasteiger charge is 2.30. The second-order valence-electron chi connectivity index (χ2n) is 9.62. The number of hydrogen-bond donors (Lipinski definition) is 1. The smallest absolute Gasteiger partial charge is 0.264 e. The van der Waals surface area contributed by atoms with Crippen molar-refractivity contribution in [3.05, 3.63) is 78.4 Å². The number of carbonyl (C=O) groups is 1. The van der Waals surface area contributed by atoms with Crippen LogP contribution >= 0.6 is 0 Å². The third kappa shape index (κ3) is 6.83. The minimum Gasteiger partial charge on any atom is -0.492 e. The molecule has 1 fully saturated rings. The van der Waals surface area contributed by atoms with E-state index in [0.29, 0.717) is 31.1 Å². The molecule has 1 amide bonds. The zero-order valence-corrected chi connectivity index (χ0v) is 24.4. The van der Waals surface area contributed by atoms with E-state index in [1.165, 1.54) is 40.7 Å². The van der Waals surface area contributed by atoms with Crippen molar-refractivity contribution in [1.29, 1.82) is 0 Å². The van der Waals surface area contributed by atoms with Gasteiger partial charge in [0.1, 0.15) is 12.3 Å². The van der Waals surface area contributed by atoms with Crippen LogP contribution in [0.25, 0.3) is 0 Å². The maximum atomic E-state index is 13.7. The molecule has 1 aliphatic rings. The lowest BCUT2D eigenvalue weighted by atomic mass is 10.2. The second-order valence-corrected chi connectivity index (χ2v) is 13.4. The average molecular weight is 586 g/mol. The summed E-state index contributed by atoms with van der Waals surface area (Å²) < 4.78 is 61.8. The molecule has 40 heavy (non-hydrogen) atoms. The van der Waals surface area contributed by atoms with E-state index in [1.54, 1.807) is 43.3 Å². The monoisotopic (exact) mass is 585 g/mol. The predicted molar refractivity (Wildman–Crippen MR) is 156 cm³/mol. The minimum absolute atomic E-state index is 0.0419. The SMILES string of the molecule is CCOc1ccccc1N(CC(=O)Nc1ccc(S(=O)(=O)N2CCCCCC2)cc1)S(=O)(=O)c1ccc(C)cc1. The molecule has 9 nitrogen and oxygen atoms in total. The number of carbonyl (C=O) groups excluding carboxylic acids is 1. The Morgan fingerprint density at radius 2 is 1.45 bits per heavy atom. The predicted octanol–water partition coefficient (Wildman–Crippen LogP) is 4.79. The fourth-order valence-corrected chi connectivity index (χ4v) is 7.50. The molecule has 0 atom stereocenters. The first-order valence-corrected chi connectivity index (χ1v) is 16.2. The van der Waals surface area contributed by atoms with Crippen molar-refractivity contribution in [2.45, 2.75) is 49.3 Å². The van der Waals surface area contributed by atoms with Crippen LogP contribution < -0.4 is 14.4 Å². The Hall–Kier alpha value is -3.41. The summed E-state index contributed by atoms with van der Waals surface area (Å²) in [4.78, 5) is 13.4. The van der Waals surface area contributed by atoms with E-state index in [-0.39, 0.29) is 15.5 Å². The maximum Gasteiger partial charge on any atom is 0.264 e. The van der Waals surface area contributed by atoms with Gasteiger partial charge in [-0.05, 0) is 75.2 Å². The molecule has 11 heteroatoms. The van der Waals surface area contributed by atoms with Gasteiger partial charge in [-0.1, -0.05) is 42.7 Å². The summed E-state index contributed by atoms with van der Waals surface area (Å²) in [5.41, 5.74) is 1.49. The Morgan fingerprint density at radius 3 is 2.08 bits per heavy atom. The van der Waals surface area contributed by atoms with Gasteiger partial charge < -0.3 is 10.1 Å². The number of anilines is 2. The molecule has 3 aromatic rings. The quantitative estimate of drug-likeness (QED) is 0.366. The molecule has 0 bridgehead atoms. The highest BCUT2D eigenvalue weighted by Crippen LogP contribution is 2.32. The molecule has 0 unspecified atom stereocenters. The number of nitrogens with zero attached hydrogens (tertiary/aromatic N) is 2. The van der Waals surface area contributed by atoms with Crippen LogP contribution in [-0.2, 0) is 24.8 Å². The van der Waals surface area contributed by atoms with Crippen LogP contribution in [0.5, 0.6) is 5.75 Å². The summed E-state index contributed by atoms with van der Waals surface area (Å²) in [6.07, 6.45) is 3.70. The lowest BCUT2D eigenvalue weighted by Gasteiger charge is -2.26. The van der Waals surface area contributed by atoms with E-state index in [9.17, 15) is 21.6 Å². The fraction of sp³-hybridized carbons (Fsp3) is 0.345. The van der Waals surface area contributed by atoms with Crippen LogP contribution in [0.4, 0.5) is 11.4 Å². The highest BCUT2D eigenvalue weighted by molar-refractivity contribution is 7.93. The number of rotatable bonds is 10. The topological polar surface area (TPSA) is 113 Å². The Kier molecular flexibility index (Phi) is 9.49. The first-order valence-electron chi connectivity index (χ1n) is 13.3. The fourth-order valence-electron chi connectivity index (χ4n) is 4.55. The number of aryl methyl sites for hydroxylation is 1. The van der Waals surface area contributed by atoms with Crippen LogP contribution in [0, 0.1) is 6.92 Å². The van der Waals surface area contributed by atoms with Crippen molar-refractivity contribution in [3.8, 4) is 5.75 Å². The van der Waals surface area contributed by atoms with E-state index in [0.717, 1.165) is 35.6 Å². The highest BCUT2D eigenvalue weighted by atomic mass is 32.2. The first-order chi connectivity index (χ1) is 19.1. The summed E-state index contributed by atoms with van der Waals surface area (Å²) in [6, 6.07) is 19.0. The van der Waals surface area contributed by atoms with Gasteiger partial charge in [0.25, 0.3) is 10.0 Å². The lowest BCUT2D eigenvalue weighted by Crippen LogP contribution is -2.38. The van der Waals surface area contributed by atoms with Crippen LogP contribution in [-0.4, -0.2) is 53.3 Å². The molecule has 1 aliphatic heterocycles. The second kappa shape index (κ2) is 12.8. The number of hydrogen-bond acceptors (Lipinski definition) is 6. The van der Waals surface area contributed by atoms with Crippen LogP contribution in [0.15, 0.2) is 82.6 Å². The van der Waals surface area contributed by atoms with Gasteiger partial charge in [-0.15, -0.1) is 0 Å². The van der Waals surface area contributed by atoms with Crippen LogP contribution in [0.1, 0.15) is 38.2 Å². The largest absolute Gasteiger partial charge is 0.492 e. The van der Waals surface area contributed by atoms with E-state index in [4.69, 9.17) is 4.74 Å². The Labute approximate surface area is 236 Å². The molecule has 1 heterocycles. The maximum absolute atomic E-state index is 13.7.